The van der Waals surface area contributed by atoms with Crippen LogP contribution in [-0.4, -0.2) is 48.3 Å². The molecular weight excluding hydrogens is 242 g/mol. The summed E-state index contributed by atoms with van der Waals surface area (Å²) in [5, 5.41) is 8.71. The minimum Gasteiger partial charge on any atom is -0.481 e. The highest BCUT2D eigenvalue weighted by atomic mass is 16.5. The lowest BCUT2D eigenvalue weighted by atomic mass is 9.60. The normalized spacial score (nSPS) is 28.8. The zero-order chi connectivity index (χ0) is 13.9. The highest BCUT2D eigenvalue weighted by Gasteiger charge is 2.57. The Kier molecular flexibility index (Phi) is 4.85. The molecule has 1 spiro atoms. The lowest BCUT2D eigenvalue weighted by Gasteiger charge is -2.57. The Hall–Kier alpha value is -0.610. The molecule has 2 aliphatic carbocycles. The molecule has 2 atom stereocenters. The summed E-state index contributed by atoms with van der Waals surface area (Å²) in [6.45, 7) is 3.77. The molecule has 2 saturated carbocycles. The predicted octanol–water partition coefficient (Wildman–Crippen LogP) is 2.52. The average molecular weight is 269 g/mol. The van der Waals surface area contributed by atoms with E-state index in [0.29, 0.717) is 17.6 Å². The van der Waals surface area contributed by atoms with Gasteiger partial charge in [0.15, 0.2) is 0 Å². The van der Waals surface area contributed by atoms with Crippen LogP contribution in [0.1, 0.15) is 51.9 Å². The quantitative estimate of drug-likeness (QED) is 0.771. The molecule has 0 saturated heterocycles. The smallest absolute Gasteiger partial charge is 0.303 e. The highest BCUT2D eigenvalue weighted by Crippen LogP contribution is 2.56. The largest absolute Gasteiger partial charge is 0.481 e. The van der Waals surface area contributed by atoms with Crippen LogP contribution in [0.5, 0.6) is 0 Å². The highest BCUT2D eigenvalue weighted by molar-refractivity contribution is 5.66. The number of hydrogen-bond acceptors (Lipinski definition) is 3. The molecule has 0 aromatic carbocycles. The van der Waals surface area contributed by atoms with Gasteiger partial charge in [0, 0.05) is 24.5 Å². The van der Waals surface area contributed by atoms with Gasteiger partial charge in [-0.15, -0.1) is 0 Å². The number of carboxylic acid groups (broad SMARTS) is 1. The Labute approximate surface area is 116 Å². The molecule has 2 rings (SSSR count). The fourth-order valence-electron chi connectivity index (χ4n) is 4.10. The van der Waals surface area contributed by atoms with Crippen molar-refractivity contribution in [1.29, 1.82) is 0 Å². The number of rotatable bonds is 7. The molecule has 0 aliphatic heterocycles. The number of carboxylic acids is 1. The molecule has 0 unspecified atom stereocenters. The average Bonchev–Trinajstić information content (AvgIpc) is 2.85. The molecule has 110 valence electrons. The molecule has 4 heteroatoms. The minimum absolute atomic E-state index is 0.277. The fraction of sp³-hybridized carbons (Fsp3) is 0.933. The van der Waals surface area contributed by atoms with Crippen LogP contribution in [0.2, 0.25) is 0 Å². The monoisotopic (exact) mass is 269 g/mol. The van der Waals surface area contributed by atoms with Crippen molar-refractivity contribution in [2.75, 3.05) is 20.2 Å². The third kappa shape index (κ3) is 2.95. The summed E-state index contributed by atoms with van der Waals surface area (Å²) in [5.41, 5.74) is 0.369. The van der Waals surface area contributed by atoms with Gasteiger partial charge in [-0.05, 0) is 46.2 Å². The van der Waals surface area contributed by atoms with E-state index in [0.717, 1.165) is 26.0 Å². The molecule has 2 aliphatic rings. The van der Waals surface area contributed by atoms with Crippen LogP contribution in [0.3, 0.4) is 0 Å². The maximum absolute atomic E-state index is 10.6. The van der Waals surface area contributed by atoms with Crippen molar-refractivity contribution in [1.82, 2.24) is 4.90 Å². The van der Waals surface area contributed by atoms with Crippen molar-refractivity contribution in [2.24, 2.45) is 5.41 Å². The van der Waals surface area contributed by atoms with E-state index in [4.69, 9.17) is 9.84 Å². The number of ether oxygens (including phenoxy) is 1. The molecular formula is C15H27NO3. The molecule has 0 aromatic heterocycles. The van der Waals surface area contributed by atoms with Gasteiger partial charge in [0.2, 0.25) is 0 Å². The molecule has 1 N–H and O–H groups in total. The van der Waals surface area contributed by atoms with Crippen molar-refractivity contribution >= 4 is 5.97 Å². The second-order valence-corrected chi connectivity index (χ2v) is 6.11. The topological polar surface area (TPSA) is 49.8 Å². The van der Waals surface area contributed by atoms with Crippen molar-refractivity contribution in [3.05, 3.63) is 0 Å². The number of aliphatic carboxylic acids is 1. The van der Waals surface area contributed by atoms with E-state index in [-0.39, 0.29) is 6.42 Å². The summed E-state index contributed by atoms with van der Waals surface area (Å²) in [7, 11) is 2.15. The van der Waals surface area contributed by atoms with Gasteiger partial charge in [-0.1, -0.05) is 12.8 Å². The standard InChI is InChI=1S/C15H27NO3/c1-3-19-13-11-12(15(13)8-4-5-9-15)16(2)10-6-7-14(17)18/h12-13H,3-11H2,1-2H3,(H,17,18)/t12-,13+/m1/s1. The zero-order valence-electron chi connectivity index (χ0n) is 12.2. The van der Waals surface area contributed by atoms with Crippen LogP contribution in [0, 0.1) is 5.41 Å². The van der Waals surface area contributed by atoms with Gasteiger partial charge in [0.1, 0.15) is 0 Å². The van der Waals surface area contributed by atoms with Crippen LogP contribution in [0.15, 0.2) is 0 Å². The third-order valence-corrected chi connectivity index (χ3v) is 5.08. The molecule has 2 fully saturated rings. The Bertz CT molecular complexity index is 313. The second-order valence-electron chi connectivity index (χ2n) is 6.11. The van der Waals surface area contributed by atoms with Crippen LogP contribution in [0.25, 0.3) is 0 Å². The summed E-state index contributed by atoms with van der Waals surface area (Å²) >= 11 is 0. The lowest BCUT2D eigenvalue weighted by Crippen LogP contribution is -2.63. The van der Waals surface area contributed by atoms with Gasteiger partial charge in [-0.3, -0.25) is 4.79 Å². The number of nitrogens with zero attached hydrogens (tertiary/aromatic N) is 1. The molecule has 0 amide bonds. The summed E-state index contributed by atoms with van der Waals surface area (Å²) in [6, 6.07) is 0.598. The van der Waals surface area contributed by atoms with Crippen molar-refractivity contribution in [3.8, 4) is 0 Å². The maximum Gasteiger partial charge on any atom is 0.303 e. The molecule has 19 heavy (non-hydrogen) atoms. The maximum atomic E-state index is 10.6. The molecule has 0 radical (unpaired) electrons. The van der Waals surface area contributed by atoms with Gasteiger partial charge in [0.25, 0.3) is 0 Å². The molecule has 0 bridgehead atoms. The Morgan fingerprint density at radius 2 is 2.11 bits per heavy atom. The van der Waals surface area contributed by atoms with E-state index in [1.165, 1.54) is 25.7 Å². The van der Waals surface area contributed by atoms with Gasteiger partial charge in [0.05, 0.1) is 6.10 Å². The van der Waals surface area contributed by atoms with E-state index < -0.39 is 5.97 Å². The van der Waals surface area contributed by atoms with E-state index in [9.17, 15) is 4.79 Å². The van der Waals surface area contributed by atoms with E-state index in [1.807, 2.05) is 0 Å². The van der Waals surface area contributed by atoms with E-state index in [2.05, 4.69) is 18.9 Å². The van der Waals surface area contributed by atoms with Crippen LogP contribution in [0.4, 0.5) is 0 Å². The first kappa shape index (κ1) is 14.8. The van der Waals surface area contributed by atoms with Crippen molar-refractivity contribution in [2.45, 2.75) is 64.0 Å². The van der Waals surface area contributed by atoms with Crippen molar-refractivity contribution < 1.29 is 14.6 Å². The molecule has 0 heterocycles. The summed E-state index contributed by atoms with van der Waals surface area (Å²) < 4.78 is 5.92. The van der Waals surface area contributed by atoms with Gasteiger partial charge < -0.3 is 14.7 Å². The first-order valence-corrected chi connectivity index (χ1v) is 7.64. The Morgan fingerprint density at radius 3 is 2.68 bits per heavy atom. The lowest BCUT2D eigenvalue weighted by molar-refractivity contribution is -0.160. The number of carbonyl (C=O) groups is 1. The summed E-state index contributed by atoms with van der Waals surface area (Å²) in [6.07, 6.45) is 7.80. The third-order valence-electron chi connectivity index (χ3n) is 5.08. The van der Waals surface area contributed by atoms with E-state index in [1.54, 1.807) is 0 Å². The van der Waals surface area contributed by atoms with Crippen LogP contribution < -0.4 is 0 Å². The number of hydrogen-bond donors (Lipinski definition) is 1. The summed E-state index contributed by atoms with van der Waals surface area (Å²) in [5.74, 6) is -0.690. The SMILES string of the molecule is CCO[C@H]1C[C@@H](N(C)CCCC(=O)O)C12CCCC2. The van der Waals surface area contributed by atoms with E-state index >= 15 is 0 Å². The van der Waals surface area contributed by atoms with Crippen LogP contribution in [-0.2, 0) is 9.53 Å². The Morgan fingerprint density at radius 1 is 1.42 bits per heavy atom. The predicted molar refractivity (Wildman–Crippen MR) is 74.2 cm³/mol. The minimum atomic E-state index is -0.690. The second kappa shape index (κ2) is 6.23. The molecule has 0 aromatic rings. The Balaban J connectivity index is 1.87. The first-order valence-electron chi connectivity index (χ1n) is 7.64. The van der Waals surface area contributed by atoms with Crippen molar-refractivity contribution in [3.63, 3.8) is 0 Å². The summed E-state index contributed by atoms with van der Waals surface area (Å²) in [4.78, 5) is 13.0. The van der Waals surface area contributed by atoms with Crippen LogP contribution >= 0.6 is 0 Å². The zero-order valence-corrected chi connectivity index (χ0v) is 12.2. The van der Waals surface area contributed by atoms with Gasteiger partial charge in [-0.25, -0.2) is 0 Å². The first-order chi connectivity index (χ1) is 9.10. The van der Waals surface area contributed by atoms with Gasteiger partial charge >= 0.3 is 5.97 Å². The molecule has 4 nitrogen and oxygen atoms in total. The fourth-order valence-corrected chi connectivity index (χ4v) is 4.10. The van der Waals surface area contributed by atoms with Gasteiger partial charge in [-0.2, -0.15) is 0 Å².